The van der Waals surface area contributed by atoms with Crippen LogP contribution in [0.1, 0.15) is 19.8 Å². The lowest BCUT2D eigenvalue weighted by molar-refractivity contribution is 0.151. The zero-order valence-corrected chi connectivity index (χ0v) is 6.41. The molecule has 5 nitrogen and oxygen atoms in total. The predicted molar refractivity (Wildman–Crippen MR) is 39.2 cm³/mol. The lowest BCUT2D eigenvalue weighted by atomic mass is 10.3. The van der Waals surface area contributed by atoms with E-state index in [1.54, 1.807) is 0 Å². The summed E-state index contributed by atoms with van der Waals surface area (Å²) >= 11 is 0. The number of primary amides is 1. The van der Waals surface area contributed by atoms with Gasteiger partial charge < -0.3 is 10.8 Å². The fourth-order valence-electron chi connectivity index (χ4n) is 0.616. The number of urea groups is 1. The van der Waals surface area contributed by atoms with Crippen LogP contribution in [-0.4, -0.2) is 28.7 Å². The highest BCUT2D eigenvalue weighted by Gasteiger charge is 2.15. The van der Waals surface area contributed by atoms with Crippen LogP contribution < -0.4 is 5.73 Å². The van der Waals surface area contributed by atoms with Crippen LogP contribution in [0.2, 0.25) is 0 Å². The maximum Gasteiger partial charge on any atom is 0.415 e. The largest absolute Gasteiger partial charge is 0.465 e. The van der Waals surface area contributed by atoms with Crippen LogP contribution in [0.25, 0.3) is 0 Å². The van der Waals surface area contributed by atoms with Crippen molar-refractivity contribution in [2.45, 2.75) is 19.8 Å². The topological polar surface area (TPSA) is 83.6 Å². The summed E-state index contributed by atoms with van der Waals surface area (Å²) in [6, 6.07) is -0.911. The highest BCUT2D eigenvalue weighted by Crippen LogP contribution is 1.94. The summed E-state index contributed by atoms with van der Waals surface area (Å²) < 4.78 is 0. The smallest absolute Gasteiger partial charge is 0.415 e. The average molecular weight is 160 g/mol. The van der Waals surface area contributed by atoms with E-state index in [-0.39, 0.29) is 6.54 Å². The van der Waals surface area contributed by atoms with Gasteiger partial charge in [0, 0.05) is 6.54 Å². The van der Waals surface area contributed by atoms with E-state index in [1.807, 2.05) is 6.92 Å². The molecule has 0 spiro atoms. The molecule has 0 aromatic rings. The summed E-state index contributed by atoms with van der Waals surface area (Å²) in [5.74, 6) is 0. The van der Waals surface area contributed by atoms with Crippen LogP contribution in [0, 0.1) is 0 Å². The number of hydrogen-bond acceptors (Lipinski definition) is 2. The van der Waals surface area contributed by atoms with E-state index in [2.05, 4.69) is 0 Å². The third kappa shape index (κ3) is 3.44. The maximum absolute atomic E-state index is 10.4. The number of carbonyl (C=O) groups excluding carboxylic acids is 1. The van der Waals surface area contributed by atoms with Crippen molar-refractivity contribution in [2.75, 3.05) is 6.54 Å². The molecule has 0 heterocycles. The van der Waals surface area contributed by atoms with Crippen LogP contribution in [0.5, 0.6) is 0 Å². The average Bonchev–Trinajstić information content (AvgIpc) is 1.87. The molecule has 0 aliphatic rings. The number of nitrogens with zero attached hydrogens (tertiary/aromatic N) is 1. The monoisotopic (exact) mass is 160 g/mol. The van der Waals surface area contributed by atoms with Crippen LogP contribution in [0.4, 0.5) is 9.59 Å². The number of nitrogens with two attached hydrogens (primary N) is 1. The lowest BCUT2D eigenvalue weighted by Crippen LogP contribution is -2.40. The second-order valence-corrected chi connectivity index (χ2v) is 2.13. The van der Waals surface area contributed by atoms with Gasteiger partial charge in [-0.15, -0.1) is 0 Å². The Bertz CT molecular complexity index is 144. The predicted octanol–water partition coefficient (Wildman–Crippen LogP) is 0.845. The molecule has 0 unspecified atom stereocenters. The molecular formula is C6H12N2O3. The molecule has 0 aliphatic carbocycles. The lowest BCUT2D eigenvalue weighted by Gasteiger charge is -2.12. The van der Waals surface area contributed by atoms with E-state index in [1.165, 1.54) is 0 Å². The summed E-state index contributed by atoms with van der Waals surface area (Å²) in [5, 5.41) is 8.40. The van der Waals surface area contributed by atoms with Crippen LogP contribution >= 0.6 is 0 Å². The molecule has 5 heteroatoms. The molecule has 0 radical (unpaired) electrons. The first-order valence-electron chi connectivity index (χ1n) is 3.39. The third-order valence-corrected chi connectivity index (χ3v) is 1.23. The first kappa shape index (κ1) is 9.74. The molecule has 11 heavy (non-hydrogen) atoms. The van der Waals surface area contributed by atoms with Gasteiger partial charge in [-0.2, -0.15) is 0 Å². The maximum atomic E-state index is 10.4. The molecule has 0 fully saturated rings. The normalized spacial score (nSPS) is 9.18. The van der Waals surface area contributed by atoms with E-state index < -0.39 is 12.1 Å². The number of imide groups is 1. The fourth-order valence-corrected chi connectivity index (χ4v) is 0.616. The van der Waals surface area contributed by atoms with Gasteiger partial charge in [0.25, 0.3) is 0 Å². The van der Waals surface area contributed by atoms with Gasteiger partial charge in [-0.3, -0.25) is 0 Å². The zero-order valence-electron chi connectivity index (χ0n) is 6.41. The summed E-state index contributed by atoms with van der Waals surface area (Å²) in [7, 11) is 0. The molecule has 0 aromatic heterocycles. The van der Waals surface area contributed by atoms with Crippen LogP contribution in [-0.2, 0) is 0 Å². The summed E-state index contributed by atoms with van der Waals surface area (Å²) in [5.41, 5.74) is 4.78. The van der Waals surface area contributed by atoms with Gasteiger partial charge >= 0.3 is 12.1 Å². The summed E-state index contributed by atoms with van der Waals surface area (Å²) in [4.78, 5) is 21.3. The molecule has 0 bridgehead atoms. The summed E-state index contributed by atoms with van der Waals surface area (Å²) in [6.07, 6.45) is 0.192. The minimum Gasteiger partial charge on any atom is -0.465 e. The molecule has 0 saturated carbocycles. The van der Waals surface area contributed by atoms with Crippen molar-refractivity contribution < 1.29 is 14.7 Å². The Morgan fingerprint density at radius 1 is 1.55 bits per heavy atom. The number of unbranched alkanes of at least 4 members (excludes halogenated alkanes) is 1. The molecule has 3 amide bonds. The molecule has 3 N–H and O–H groups in total. The Kier molecular flexibility index (Phi) is 4.02. The van der Waals surface area contributed by atoms with Gasteiger partial charge in [-0.05, 0) is 6.42 Å². The highest BCUT2D eigenvalue weighted by atomic mass is 16.4. The van der Waals surface area contributed by atoms with Gasteiger partial charge in [0.15, 0.2) is 0 Å². The van der Waals surface area contributed by atoms with Crippen molar-refractivity contribution in [3.63, 3.8) is 0 Å². The molecular weight excluding hydrogens is 148 g/mol. The molecule has 0 atom stereocenters. The number of hydrogen-bond donors (Lipinski definition) is 2. The van der Waals surface area contributed by atoms with E-state index >= 15 is 0 Å². The van der Waals surface area contributed by atoms with E-state index in [4.69, 9.17) is 10.8 Å². The van der Waals surface area contributed by atoms with Gasteiger partial charge in [0.1, 0.15) is 0 Å². The van der Waals surface area contributed by atoms with Crippen molar-refractivity contribution in [3.8, 4) is 0 Å². The second kappa shape index (κ2) is 4.54. The first-order valence-corrected chi connectivity index (χ1v) is 3.39. The van der Waals surface area contributed by atoms with Crippen molar-refractivity contribution in [2.24, 2.45) is 5.73 Å². The zero-order chi connectivity index (χ0) is 8.85. The Hall–Kier alpha value is -1.26. The standard InChI is InChI=1S/C6H12N2O3/c1-2-3-4-8(5(7)9)6(10)11/h2-4H2,1H3,(H2,7,9)(H,10,11). The van der Waals surface area contributed by atoms with Crippen LogP contribution in [0.15, 0.2) is 0 Å². The van der Waals surface area contributed by atoms with Crippen molar-refractivity contribution in [3.05, 3.63) is 0 Å². The van der Waals surface area contributed by atoms with E-state index in [0.717, 1.165) is 6.42 Å². The van der Waals surface area contributed by atoms with Gasteiger partial charge in [0.05, 0.1) is 0 Å². The fraction of sp³-hybridized carbons (Fsp3) is 0.667. The van der Waals surface area contributed by atoms with Crippen molar-refractivity contribution in [1.82, 2.24) is 4.90 Å². The molecule has 0 saturated heterocycles. The van der Waals surface area contributed by atoms with Crippen molar-refractivity contribution >= 4 is 12.1 Å². The minimum absolute atomic E-state index is 0.182. The van der Waals surface area contributed by atoms with E-state index in [9.17, 15) is 9.59 Å². The first-order chi connectivity index (χ1) is 5.09. The second-order valence-electron chi connectivity index (χ2n) is 2.13. The number of carboxylic acid groups (broad SMARTS) is 1. The van der Waals surface area contributed by atoms with Gasteiger partial charge in [-0.25, -0.2) is 14.5 Å². The molecule has 0 rings (SSSR count). The van der Waals surface area contributed by atoms with Crippen molar-refractivity contribution in [1.29, 1.82) is 0 Å². The van der Waals surface area contributed by atoms with Gasteiger partial charge in [0.2, 0.25) is 0 Å². The third-order valence-electron chi connectivity index (χ3n) is 1.23. The quantitative estimate of drug-likeness (QED) is 0.641. The Labute approximate surface area is 64.8 Å². The minimum atomic E-state index is -1.29. The van der Waals surface area contributed by atoms with Gasteiger partial charge in [-0.1, -0.05) is 13.3 Å². The SMILES string of the molecule is CCCCN(C(N)=O)C(=O)O. The van der Waals surface area contributed by atoms with Crippen LogP contribution in [0.3, 0.4) is 0 Å². The Morgan fingerprint density at radius 2 is 2.09 bits per heavy atom. The Balaban J connectivity index is 3.90. The van der Waals surface area contributed by atoms with E-state index in [0.29, 0.717) is 11.3 Å². The number of amides is 3. The molecule has 0 aliphatic heterocycles. The number of carbonyl (C=O) groups is 2. The molecule has 64 valence electrons. The highest BCUT2D eigenvalue weighted by molar-refractivity contribution is 5.88. The summed E-state index contributed by atoms with van der Waals surface area (Å²) in [6.45, 7) is 2.09. The Morgan fingerprint density at radius 3 is 2.36 bits per heavy atom. The molecule has 0 aromatic carbocycles. The number of rotatable bonds is 3.